The topological polar surface area (TPSA) is 58.4 Å². The number of nitrogens with one attached hydrogen (secondary N) is 1. The second-order valence-corrected chi connectivity index (χ2v) is 6.86. The maximum absolute atomic E-state index is 10.8. The lowest BCUT2D eigenvalue weighted by molar-refractivity contribution is -0.384. The Hall–Kier alpha value is -1.46. The van der Waals surface area contributed by atoms with Crippen LogP contribution in [0, 0.1) is 16.0 Å². The Morgan fingerprint density at radius 3 is 2.55 bits per heavy atom. The average Bonchev–Trinajstić information content (AvgIpc) is 2.53. The summed E-state index contributed by atoms with van der Waals surface area (Å²) in [6.07, 6.45) is 5.38. The highest BCUT2D eigenvalue weighted by Crippen LogP contribution is 2.35. The minimum Gasteiger partial charge on any atom is -0.295 e. The number of non-ortho nitro benzene ring substituents is 1. The molecule has 2 aliphatic rings. The van der Waals surface area contributed by atoms with Crippen LogP contribution in [0.15, 0.2) is 24.3 Å². The van der Waals surface area contributed by atoms with Crippen molar-refractivity contribution in [1.29, 1.82) is 0 Å². The number of fused-ring (bicyclic) bond motifs is 1. The van der Waals surface area contributed by atoms with E-state index in [4.69, 9.17) is 0 Å². The average molecular weight is 303 g/mol. The van der Waals surface area contributed by atoms with Crippen LogP contribution in [0.25, 0.3) is 0 Å². The van der Waals surface area contributed by atoms with Crippen LogP contribution in [0.2, 0.25) is 0 Å². The molecule has 0 unspecified atom stereocenters. The van der Waals surface area contributed by atoms with Crippen LogP contribution in [-0.4, -0.2) is 28.5 Å². The van der Waals surface area contributed by atoms with Crippen molar-refractivity contribution in [3.05, 3.63) is 39.9 Å². The normalized spacial score (nSPS) is 29.3. The third kappa shape index (κ3) is 3.01. The molecule has 0 spiro atoms. The lowest BCUT2D eigenvalue weighted by Crippen LogP contribution is -2.57. The number of hydrogen-bond acceptors (Lipinski definition) is 4. The van der Waals surface area contributed by atoms with E-state index in [1.807, 2.05) is 12.1 Å². The van der Waals surface area contributed by atoms with E-state index in [1.165, 1.54) is 25.7 Å². The monoisotopic (exact) mass is 303 g/mol. The molecule has 5 heteroatoms. The number of nitro benzene ring substituents is 1. The Labute approximate surface area is 131 Å². The molecular formula is C17H25N3O2. The van der Waals surface area contributed by atoms with Gasteiger partial charge in [-0.25, -0.2) is 0 Å². The summed E-state index contributed by atoms with van der Waals surface area (Å²) in [5.74, 6) is 0.741. The minimum absolute atomic E-state index is 0.159. The Balaban J connectivity index is 1.83. The molecule has 1 aromatic rings. The zero-order valence-electron chi connectivity index (χ0n) is 13.4. The van der Waals surface area contributed by atoms with Gasteiger partial charge in [-0.15, -0.1) is 0 Å². The molecule has 0 bridgehead atoms. The fourth-order valence-corrected chi connectivity index (χ4v) is 3.90. The first-order chi connectivity index (χ1) is 10.6. The van der Waals surface area contributed by atoms with Crippen molar-refractivity contribution >= 4 is 5.69 Å². The Morgan fingerprint density at radius 1 is 1.23 bits per heavy atom. The standard InChI is InChI=1S/C17H25N3O2/c1-12(2)19-11-14-5-3-4-6-16(14)18-17(19)13-7-9-15(10-8-13)20(21)22/h7-10,12,14,16-18H,3-6,11H2,1-2H3/t14-,16+,17-/m0/s1. The molecule has 1 saturated heterocycles. The van der Waals surface area contributed by atoms with E-state index in [9.17, 15) is 10.1 Å². The van der Waals surface area contributed by atoms with Crippen molar-refractivity contribution in [3.63, 3.8) is 0 Å². The Bertz CT molecular complexity index is 529. The van der Waals surface area contributed by atoms with Gasteiger partial charge < -0.3 is 0 Å². The van der Waals surface area contributed by atoms with Gasteiger partial charge in [0.15, 0.2) is 0 Å². The van der Waals surface area contributed by atoms with Gasteiger partial charge in [-0.2, -0.15) is 0 Å². The second-order valence-electron chi connectivity index (χ2n) is 6.86. The number of nitrogens with zero attached hydrogens (tertiary/aromatic N) is 2. The van der Waals surface area contributed by atoms with Crippen LogP contribution in [-0.2, 0) is 0 Å². The highest BCUT2D eigenvalue weighted by molar-refractivity contribution is 5.34. The summed E-state index contributed by atoms with van der Waals surface area (Å²) in [6.45, 7) is 5.57. The molecule has 3 atom stereocenters. The Morgan fingerprint density at radius 2 is 1.91 bits per heavy atom. The number of nitro groups is 1. The van der Waals surface area contributed by atoms with Crippen LogP contribution in [0.1, 0.15) is 51.3 Å². The zero-order chi connectivity index (χ0) is 15.7. The van der Waals surface area contributed by atoms with E-state index >= 15 is 0 Å². The van der Waals surface area contributed by atoms with Gasteiger partial charge in [-0.3, -0.25) is 20.3 Å². The molecule has 22 heavy (non-hydrogen) atoms. The Kier molecular flexibility index (Phi) is 4.45. The first-order valence-electron chi connectivity index (χ1n) is 8.32. The largest absolute Gasteiger partial charge is 0.295 e. The fourth-order valence-electron chi connectivity index (χ4n) is 3.90. The van der Waals surface area contributed by atoms with Gasteiger partial charge in [0.25, 0.3) is 5.69 Å². The van der Waals surface area contributed by atoms with Gasteiger partial charge in [0.2, 0.25) is 0 Å². The summed E-state index contributed by atoms with van der Waals surface area (Å²) < 4.78 is 0. The smallest absolute Gasteiger partial charge is 0.269 e. The van der Waals surface area contributed by atoms with E-state index in [2.05, 4.69) is 24.1 Å². The third-order valence-electron chi connectivity index (χ3n) is 5.14. The molecule has 120 valence electrons. The number of hydrogen-bond donors (Lipinski definition) is 1. The number of benzene rings is 1. The number of rotatable bonds is 3. The van der Waals surface area contributed by atoms with Crippen molar-refractivity contribution in [2.75, 3.05) is 6.54 Å². The molecule has 5 nitrogen and oxygen atoms in total. The molecule has 1 saturated carbocycles. The van der Waals surface area contributed by atoms with Gasteiger partial charge in [-0.1, -0.05) is 12.8 Å². The molecule has 1 N–H and O–H groups in total. The summed E-state index contributed by atoms with van der Waals surface area (Å²) in [4.78, 5) is 13.0. The molecule has 1 aliphatic carbocycles. The summed E-state index contributed by atoms with van der Waals surface area (Å²) in [6, 6.07) is 8.06. The highest BCUT2D eigenvalue weighted by atomic mass is 16.6. The minimum atomic E-state index is -0.338. The summed E-state index contributed by atoms with van der Waals surface area (Å²) in [5, 5.41) is 14.6. The maximum atomic E-state index is 10.8. The van der Waals surface area contributed by atoms with Crippen molar-refractivity contribution in [3.8, 4) is 0 Å². The summed E-state index contributed by atoms with van der Waals surface area (Å²) in [5.41, 5.74) is 1.29. The van der Waals surface area contributed by atoms with E-state index < -0.39 is 0 Å². The predicted octanol–water partition coefficient (Wildman–Crippen LogP) is 3.47. The van der Waals surface area contributed by atoms with Crippen LogP contribution in [0.3, 0.4) is 0 Å². The molecule has 0 aromatic heterocycles. The maximum Gasteiger partial charge on any atom is 0.269 e. The summed E-state index contributed by atoms with van der Waals surface area (Å²) >= 11 is 0. The molecule has 0 radical (unpaired) electrons. The molecular weight excluding hydrogens is 278 g/mol. The van der Waals surface area contributed by atoms with Gasteiger partial charge in [0.1, 0.15) is 0 Å². The lowest BCUT2D eigenvalue weighted by atomic mass is 9.81. The van der Waals surface area contributed by atoms with E-state index in [-0.39, 0.29) is 16.8 Å². The van der Waals surface area contributed by atoms with Crippen molar-refractivity contribution in [1.82, 2.24) is 10.2 Å². The SMILES string of the molecule is CC(C)N1C[C@@H]2CCCC[C@H]2N[C@@H]1c1ccc([N+](=O)[O-])cc1. The zero-order valence-corrected chi connectivity index (χ0v) is 13.4. The molecule has 1 aromatic carbocycles. The highest BCUT2D eigenvalue weighted by Gasteiger charge is 2.37. The van der Waals surface area contributed by atoms with Crippen LogP contribution >= 0.6 is 0 Å². The molecule has 3 rings (SSSR count). The van der Waals surface area contributed by atoms with Crippen molar-refractivity contribution in [2.45, 2.75) is 57.8 Å². The quantitative estimate of drug-likeness (QED) is 0.686. The van der Waals surface area contributed by atoms with Gasteiger partial charge >= 0.3 is 0 Å². The predicted molar refractivity (Wildman–Crippen MR) is 86.6 cm³/mol. The fraction of sp³-hybridized carbons (Fsp3) is 0.647. The van der Waals surface area contributed by atoms with E-state index in [0.29, 0.717) is 12.1 Å². The van der Waals surface area contributed by atoms with Crippen LogP contribution in [0.4, 0.5) is 5.69 Å². The van der Waals surface area contributed by atoms with Gasteiger partial charge in [0.05, 0.1) is 11.1 Å². The van der Waals surface area contributed by atoms with Gasteiger partial charge in [-0.05, 0) is 50.3 Å². The van der Waals surface area contributed by atoms with E-state index in [0.717, 1.165) is 18.0 Å². The lowest BCUT2D eigenvalue weighted by Gasteiger charge is -2.49. The van der Waals surface area contributed by atoms with Crippen LogP contribution in [0.5, 0.6) is 0 Å². The third-order valence-corrected chi connectivity index (χ3v) is 5.14. The van der Waals surface area contributed by atoms with Crippen molar-refractivity contribution < 1.29 is 4.92 Å². The van der Waals surface area contributed by atoms with Gasteiger partial charge in [0, 0.05) is 30.8 Å². The molecule has 1 aliphatic heterocycles. The second kappa shape index (κ2) is 6.34. The van der Waals surface area contributed by atoms with E-state index in [1.54, 1.807) is 12.1 Å². The molecule has 0 amide bonds. The molecule has 1 heterocycles. The van der Waals surface area contributed by atoms with Crippen LogP contribution < -0.4 is 5.32 Å². The summed E-state index contributed by atoms with van der Waals surface area (Å²) in [7, 11) is 0. The first-order valence-corrected chi connectivity index (χ1v) is 8.32. The molecule has 2 fully saturated rings. The first kappa shape index (κ1) is 15.4. The van der Waals surface area contributed by atoms with Crippen molar-refractivity contribution in [2.24, 2.45) is 5.92 Å².